The maximum Gasteiger partial charge on any atom is 0.247 e. The van der Waals surface area contributed by atoms with Crippen molar-refractivity contribution in [2.75, 3.05) is 41.2 Å². The van der Waals surface area contributed by atoms with E-state index >= 15 is 9.59 Å². The number of aromatic hydroxyl groups is 2. The summed E-state index contributed by atoms with van der Waals surface area (Å²) in [6.07, 6.45) is -0.657. The van der Waals surface area contributed by atoms with E-state index in [1.54, 1.807) is 25.3 Å². The van der Waals surface area contributed by atoms with Gasteiger partial charge in [-0.15, -0.1) is 0 Å². The van der Waals surface area contributed by atoms with E-state index in [0.717, 1.165) is 0 Å². The summed E-state index contributed by atoms with van der Waals surface area (Å²) in [7, 11) is 4.39. The van der Waals surface area contributed by atoms with E-state index in [-0.39, 0.29) is 103 Å². The van der Waals surface area contributed by atoms with Gasteiger partial charge in [0.25, 0.3) is 0 Å². The Morgan fingerprint density at radius 1 is 0.854 bits per heavy atom. The quantitative estimate of drug-likeness (QED) is 0.101. The molecule has 0 aromatic heterocycles. The molecule has 0 fully saturated rings. The Morgan fingerprint density at radius 2 is 1.59 bits per heavy atom. The lowest BCUT2D eigenvalue weighted by molar-refractivity contribution is -0.136. The van der Waals surface area contributed by atoms with Gasteiger partial charge in [-0.2, -0.15) is 0 Å². The molecule has 0 radical (unpaired) electrons. The second-order valence-electron chi connectivity index (χ2n) is 20.4. The Balaban J connectivity index is 1.34. The number of carbonyl (C=O) groups is 5. The number of methoxy groups -OCH3 is 2. The van der Waals surface area contributed by atoms with Crippen molar-refractivity contribution in [3.8, 4) is 51.4 Å². The number of hydrogen-bond donors (Lipinski definition) is 13. The predicted octanol–water partition coefficient (Wildman–Crippen LogP) is 3.44. The number of phenols is 2. The highest BCUT2D eigenvalue weighted by Gasteiger charge is 2.39. The molecule has 11 bridgehead atoms. The van der Waals surface area contributed by atoms with Gasteiger partial charge in [0.05, 0.1) is 74.9 Å². The van der Waals surface area contributed by atoms with Crippen LogP contribution in [-0.4, -0.2) is 132 Å². The number of likely N-dealkylation sites (N-methyl/N-ethyl adjacent to an activating group) is 1. The number of aliphatic hydroxyl groups excluding tert-OH is 3. The van der Waals surface area contributed by atoms with Crippen LogP contribution in [0.15, 0.2) is 83.6 Å². The lowest BCUT2D eigenvalue weighted by Crippen LogP contribution is -2.59. The first-order valence-corrected chi connectivity index (χ1v) is 27.2. The fourth-order valence-corrected chi connectivity index (χ4v) is 10.9. The first-order valence-electron chi connectivity index (χ1n) is 26.1. The van der Waals surface area contributed by atoms with E-state index in [2.05, 4.69) is 37.2 Å². The van der Waals surface area contributed by atoms with Crippen molar-refractivity contribution in [3.05, 3.63) is 111 Å². The number of nitrogens with two attached hydrogens (primary N) is 1. The summed E-state index contributed by atoms with van der Waals surface area (Å²) in [4.78, 5) is 71.3. The van der Waals surface area contributed by atoms with Crippen LogP contribution in [0.5, 0.6) is 40.2 Å². The maximum absolute atomic E-state index is 15.3. The van der Waals surface area contributed by atoms with Crippen molar-refractivity contribution < 1.29 is 73.2 Å². The van der Waals surface area contributed by atoms with Gasteiger partial charge < -0.3 is 86.9 Å². The molecule has 6 aliphatic rings. The zero-order chi connectivity index (χ0) is 59.3. The van der Waals surface area contributed by atoms with Crippen molar-refractivity contribution in [1.29, 1.82) is 0 Å². The molecule has 14 N–H and O–H groups in total. The average Bonchev–Trinajstić information content (AvgIpc) is 3.46. The number of ether oxygens (including phenoxy) is 5. The Morgan fingerprint density at radius 3 is 2.24 bits per heavy atom. The van der Waals surface area contributed by atoms with E-state index in [1.807, 2.05) is 13.8 Å². The summed E-state index contributed by atoms with van der Waals surface area (Å²) in [5.41, 5.74) is 6.60. The molecule has 0 saturated heterocycles. The minimum Gasteiger partial charge on any atom is -0.507 e. The van der Waals surface area contributed by atoms with E-state index in [1.165, 1.54) is 68.8 Å². The molecule has 1 aliphatic carbocycles. The molecule has 0 spiro atoms. The molecule has 0 saturated carbocycles. The first-order chi connectivity index (χ1) is 39.1. The van der Waals surface area contributed by atoms with Crippen LogP contribution in [0, 0.1) is 11.8 Å². The number of thiocarbonyl (C=S) groups is 1. The lowest BCUT2D eigenvalue weighted by atomic mass is 9.89. The standard InChI is InChI=1S/C56H64Cl2N8O15S/c1-24(2)12-34(60-3)52(73)65-48-50(71)27-8-11-40(33(58)15-27)81-43-17-28-16-42(51(43)72)80-39-10-7-26(14-32(39)57)49(70)37-22-79-23-61-36(21-67)30-18-29(77-4)19-41(78-5)45(30)31-13-25(6-9-38(31)68)46(54(75)63-37)66-56(82)47(28)64-53(74)35(20-44(59)69)62-55(48)76/h6,8-11,13-19,24,26,34-37,46-50,60-61,67-68,70-72H,7,12,20-23H2,1-5H3,(H2,59,69)(H,62,76)(H,63,75)(H,64,74)(H,65,73)(H,66,82)/t26?,34-,35?,36-,37-,46?,47-,48-,49-,50-/m1/s1. The van der Waals surface area contributed by atoms with Gasteiger partial charge in [0.15, 0.2) is 11.5 Å². The van der Waals surface area contributed by atoms with Crippen LogP contribution >= 0.6 is 35.4 Å². The minimum atomic E-state index is -1.85. The van der Waals surface area contributed by atoms with Crippen molar-refractivity contribution in [2.45, 2.75) is 87.6 Å². The van der Waals surface area contributed by atoms with Crippen LogP contribution in [0.25, 0.3) is 11.1 Å². The van der Waals surface area contributed by atoms with Crippen LogP contribution in [0.1, 0.15) is 79.6 Å². The van der Waals surface area contributed by atoms with Crippen molar-refractivity contribution in [1.82, 2.24) is 37.2 Å². The summed E-state index contributed by atoms with van der Waals surface area (Å²) in [5.74, 6) is -6.72. The molecule has 10 atom stereocenters. The summed E-state index contributed by atoms with van der Waals surface area (Å²) in [6.45, 7) is 2.71. The number of phenolic OH excluding ortho intramolecular Hbond substituents is 2. The zero-order valence-corrected chi connectivity index (χ0v) is 47.4. The fourth-order valence-electron chi connectivity index (χ4n) is 10.0. The van der Waals surface area contributed by atoms with Crippen molar-refractivity contribution >= 4 is 69.9 Å². The molecule has 82 heavy (non-hydrogen) atoms. The highest BCUT2D eigenvalue weighted by molar-refractivity contribution is 7.80. The lowest BCUT2D eigenvalue weighted by Gasteiger charge is -2.34. The topological polar surface area (TPSA) is 343 Å². The molecule has 5 aliphatic heterocycles. The van der Waals surface area contributed by atoms with Gasteiger partial charge >= 0.3 is 0 Å². The highest BCUT2D eigenvalue weighted by Crippen LogP contribution is 2.47. The summed E-state index contributed by atoms with van der Waals surface area (Å²) >= 11 is 20.0. The van der Waals surface area contributed by atoms with Gasteiger partial charge in [-0.3, -0.25) is 29.3 Å². The number of halogens is 2. The predicted molar refractivity (Wildman–Crippen MR) is 303 cm³/mol. The Bertz CT molecular complexity index is 3200. The van der Waals surface area contributed by atoms with E-state index < -0.39 is 109 Å². The second kappa shape index (κ2) is 26.3. The third-order valence-corrected chi connectivity index (χ3v) is 15.3. The van der Waals surface area contributed by atoms with Crippen LogP contribution in [0.3, 0.4) is 0 Å². The highest BCUT2D eigenvalue weighted by atomic mass is 35.5. The van der Waals surface area contributed by atoms with E-state index in [4.69, 9.17) is 64.8 Å². The average molecular weight is 1190 g/mol. The van der Waals surface area contributed by atoms with Gasteiger partial charge in [0, 0.05) is 23.1 Å². The van der Waals surface area contributed by atoms with E-state index in [0.29, 0.717) is 17.7 Å². The molecule has 5 amide bonds. The molecule has 23 nitrogen and oxygen atoms in total. The molecule has 26 heteroatoms. The van der Waals surface area contributed by atoms with Crippen LogP contribution in [0.2, 0.25) is 5.02 Å². The minimum absolute atomic E-state index is 0.00254. The molecule has 10 rings (SSSR count). The van der Waals surface area contributed by atoms with Crippen LogP contribution in [0.4, 0.5) is 0 Å². The van der Waals surface area contributed by atoms with Crippen LogP contribution in [-0.2, 0) is 28.7 Å². The number of rotatable bonds is 10. The monoisotopic (exact) mass is 1190 g/mol. The summed E-state index contributed by atoms with van der Waals surface area (Å²) in [6, 6.07) is 4.06. The third-order valence-electron chi connectivity index (χ3n) is 14.4. The summed E-state index contributed by atoms with van der Waals surface area (Å²) < 4.78 is 30.1. The van der Waals surface area contributed by atoms with Gasteiger partial charge in [-0.05, 0) is 96.6 Å². The number of nitrogens with one attached hydrogen (secondary N) is 7. The molecule has 5 heterocycles. The van der Waals surface area contributed by atoms with Crippen molar-refractivity contribution in [2.24, 2.45) is 17.6 Å². The Hall–Kier alpha value is -7.26. The molecule has 4 aromatic rings. The Labute approximate surface area is 486 Å². The molecular formula is C56H64Cl2N8O15S. The number of aliphatic hydroxyl groups is 3. The molecule has 3 unspecified atom stereocenters. The van der Waals surface area contributed by atoms with Gasteiger partial charge in [-0.25, -0.2) is 0 Å². The van der Waals surface area contributed by atoms with E-state index in [9.17, 15) is 39.9 Å². The van der Waals surface area contributed by atoms with Gasteiger partial charge in [0.1, 0.15) is 64.0 Å². The third kappa shape index (κ3) is 13.5. The largest absolute Gasteiger partial charge is 0.507 e. The smallest absolute Gasteiger partial charge is 0.247 e. The SMILES string of the molecule is CN[C@H](CC(C)C)C(=O)N[C@H]1C(=O)NC(CC(N)=O)C(=O)N[C@H]2C(=S)NC3C(=O)N[C@H](COCN[C@H](CO)c4cc(OC)cc(OC)c4-c4cc3ccc4O)[C@H](O)C3C=C(Cl)C(=CC3)Oc3cc2cc(c3O)Oc2ccc(cc2Cl)[C@H]1O. The Kier molecular flexibility index (Phi) is 19.5. The van der Waals surface area contributed by atoms with Gasteiger partial charge in [-0.1, -0.05) is 67.5 Å². The molecule has 4 aromatic carbocycles. The molecule has 438 valence electrons. The summed E-state index contributed by atoms with van der Waals surface area (Å²) in [5, 5.41) is 78.5. The first kappa shape index (κ1) is 60.8. The second-order valence-corrected chi connectivity index (χ2v) is 21.6. The fraction of sp³-hybridized carbons (Fsp3) is 0.393. The maximum atomic E-state index is 15.3. The van der Waals surface area contributed by atoms with Gasteiger partial charge in [0.2, 0.25) is 35.3 Å². The number of carbonyl (C=O) groups excluding carboxylic acids is 5. The normalized spacial score (nSPS) is 24.5. The molecular weight excluding hydrogens is 1130 g/mol. The zero-order valence-electron chi connectivity index (χ0n) is 45.1. The van der Waals surface area contributed by atoms with Crippen LogP contribution < -0.4 is 61.9 Å². The number of hydrogen-bond acceptors (Lipinski definition) is 18. The number of fused-ring (bicyclic) bond motifs is 14. The number of amides is 5. The number of benzene rings is 4. The number of allylic oxidation sites excluding steroid dienone is 2. The number of primary amides is 1. The van der Waals surface area contributed by atoms with Crippen molar-refractivity contribution in [3.63, 3.8) is 0 Å².